The minimum Gasteiger partial charge on any atom is -0.479 e. The minimum atomic E-state index is 0.333. The van der Waals surface area contributed by atoms with Crippen LogP contribution >= 0.6 is 25.0 Å². The van der Waals surface area contributed by atoms with Gasteiger partial charge in [-0.3, -0.25) is 3.97 Å². The number of nitrogens with zero attached hydrogens (tertiary/aromatic N) is 2. The van der Waals surface area contributed by atoms with E-state index in [2.05, 4.69) is 17.8 Å². The monoisotopic (exact) mass is 189 g/mol. The van der Waals surface area contributed by atoms with Crippen LogP contribution in [0.25, 0.3) is 0 Å². The zero-order chi connectivity index (χ0) is 8.43. The predicted octanol–water partition coefficient (Wildman–Crippen LogP) is 0.896. The summed E-state index contributed by atoms with van der Waals surface area (Å²) in [6.45, 7) is 0. The highest BCUT2D eigenvalue weighted by atomic mass is 32.1. The SMILES string of the molecule is COc1ncn(S)c(=S)c1N. The average Bonchev–Trinajstić information content (AvgIpc) is 2.01. The van der Waals surface area contributed by atoms with Gasteiger partial charge in [0.2, 0.25) is 5.88 Å². The molecule has 0 spiro atoms. The highest BCUT2D eigenvalue weighted by Gasteiger charge is 2.02. The molecule has 11 heavy (non-hydrogen) atoms. The van der Waals surface area contributed by atoms with E-state index in [1.807, 2.05) is 0 Å². The van der Waals surface area contributed by atoms with Crippen molar-refractivity contribution in [2.75, 3.05) is 12.8 Å². The molecule has 1 aromatic heterocycles. The molecule has 2 N–H and O–H groups in total. The summed E-state index contributed by atoms with van der Waals surface area (Å²) in [4.78, 5) is 3.83. The number of thiol groups is 1. The molecule has 0 unspecified atom stereocenters. The first kappa shape index (κ1) is 8.35. The van der Waals surface area contributed by atoms with E-state index in [0.717, 1.165) is 0 Å². The van der Waals surface area contributed by atoms with E-state index >= 15 is 0 Å². The molecule has 0 radical (unpaired) electrons. The van der Waals surface area contributed by atoms with Gasteiger partial charge in [-0.25, -0.2) is 4.98 Å². The molecule has 0 saturated carbocycles. The third kappa shape index (κ3) is 1.46. The third-order valence-corrected chi connectivity index (χ3v) is 2.00. The second-order valence-corrected chi connectivity index (χ2v) is 2.63. The van der Waals surface area contributed by atoms with Crippen LogP contribution in [0.5, 0.6) is 5.88 Å². The molecule has 0 bridgehead atoms. The number of rotatable bonds is 1. The van der Waals surface area contributed by atoms with Gasteiger partial charge in [0.05, 0.1) is 7.11 Å². The van der Waals surface area contributed by atoms with Crippen molar-refractivity contribution in [3.63, 3.8) is 0 Å². The Labute approximate surface area is 74.5 Å². The minimum absolute atomic E-state index is 0.333. The molecule has 0 amide bonds. The van der Waals surface area contributed by atoms with Crippen LogP contribution in [0.2, 0.25) is 0 Å². The Balaban J connectivity index is 3.37. The summed E-state index contributed by atoms with van der Waals surface area (Å²) in [5.74, 6) is 0.334. The van der Waals surface area contributed by atoms with Crippen LogP contribution in [-0.4, -0.2) is 16.1 Å². The average molecular weight is 189 g/mol. The van der Waals surface area contributed by atoms with Gasteiger partial charge in [-0.15, -0.1) is 0 Å². The van der Waals surface area contributed by atoms with E-state index in [9.17, 15) is 0 Å². The lowest BCUT2D eigenvalue weighted by atomic mass is 10.5. The highest BCUT2D eigenvalue weighted by Crippen LogP contribution is 2.17. The summed E-state index contributed by atoms with van der Waals surface area (Å²) in [6, 6.07) is 0. The van der Waals surface area contributed by atoms with Crippen molar-refractivity contribution >= 4 is 30.7 Å². The molecule has 4 nitrogen and oxygen atoms in total. The van der Waals surface area contributed by atoms with Crippen LogP contribution in [0.3, 0.4) is 0 Å². The fourth-order valence-electron chi connectivity index (χ4n) is 0.607. The summed E-state index contributed by atoms with van der Waals surface area (Å²) < 4.78 is 6.59. The first-order valence-corrected chi connectivity index (χ1v) is 3.58. The van der Waals surface area contributed by atoms with Crippen LogP contribution in [0.4, 0.5) is 5.69 Å². The summed E-state index contributed by atoms with van der Waals surface area (Å²) in [5.41, 5.74) is 5.87. The molecule has 6 heteroatoms. The van der Waals surface area contributed by atoms with Gasteiger partial charge in [-0.05, 0) is 0 Å². The zero-order valence-electron chi connectivity index (χ0n) is 5.81. The van der Waals surface area contributed by atoms with Gasteiger partial charge in [0.1, 0.15) is 16.7 Å². The molecule has 0 fully saturated rings. The lowest BCUT2D eigenvalue weighted by molar-refractivity contribution is 0.398. The maximum absolute atomic E-state index is 5.53. The molecular formula is C5H7N3OS2. The second kappa shape index (κ2) is 3.10. The Morgan fingerprint density at radius 1 is 1.82 bits per heavy atom. The van der Waals surface area contributed by atoms with E-state index in [1.165, 1.54) is 17.4 Å². The topological polar surface area (TPSA) is 53.1 Å². The third-order valence-electron chi connectivity index (χ3n) is 1.15. The van der Waals surface area contributed by atoms with E-state index < -0.39 is 0 Å². The van der Waals surface area contributed by atoms with Gasteiger partial charge in [0, 0.05) is 0 Å². The number of anilines is 1. The molecule has 0 aliphatic rings. The van der Waals surface area contributed by atoms with Crippen LogP contribution in [0, 0.1) is 4.64 Å². The predicted molar refractivity (Wildman–Crippen MR) is 48.4 cm³/mol. The summed E-state index contributed by atoms with van der Waals surface area (Å²) >= 11 is 8.86. The molecule has 0 aromatic carbocycles. The first-order valence-electron chi connectivity index (χ1n) is 2.77. The lowest BCUT2D eigenvalue weighted by Gasteiger charge is -2.03. The zero-order valence-corrected chi connectivity index (χ0v) is 7.52. The van der Waals surface area contributed by atoms with Crippen LogP contribution in [0.1, 0.15) is 0 Å². The smallest absolute Gasteiger partial charge is 0.241 e. The summed E-state index contributed by atoms with van der Waals surface area (Å²) in [5, 5.41) is 0. The van der Waals surface area contributed by atoms with Crippen molar-refractivity contribution in [1.29, 1.82) is 0 Å². The van der Waals surface area contributed by atoms with Crippen LogP contribution < -0.4 is 10.5 Å². The number of methoxy groups -OCH3 is 1. The Kier molecular flexibility index (Phi) is 2.35. The van der Waals surface area contributed by atoms with Gasteiger partial charge in [-0.1, -0.05) is 25.0 Å². The lowest BCUT2D eigenvalue weighted by Crippen LogP contribution is -2.00. The van der Waals surface area contributed by atoms with Gasteiger partial charge < -0.3 is 10.5 Å². The van der Waals surface area contributed by atoms with Gasteiger partial charge in [-0.2, -0.15) is 0 Å². The Hall–Kier alpha value is -0.750. The summed E-state index contributed by atoms with van der Waals surface area (Å²) in [7, 11) is 1.48. The Bertz CT molecular complexity index is 322. The quantitative estimate of drug-likeness (QED) is 0.509. The van der Waals surface area contributed by atoms with Crippen molar-refractivity contribution in [2.24, 2.45) is 0 Å². The van der Waals surface area contributed by atoms with E-state index in [1.54, 1.807) is 0 Å². The normalized spacial score (nSPS) is 9.64. The van der Waals surface area contributed by atoms with Crippen molar-refractivity contribution in [3.8, 4) is 5.88 Å². The number of nitrogens with two attached hydrogens (primary N) is 1. The molecular weight excluding hydrogens is 182 g/mol. The van der Waals surface area contributed by atoms with Gasteiger partial charge in [0.25, 0.3) is 0 Å². The summed E-state index contributed by atoms with van der Waals surface area (Å²) in [6.07, 6.45) is 1.43. The number of hydrogen-bond donors (Lipinski definition) is 2. The molecule has 0 aliphatic carbocycles. The van der Waals surface area contributed by atoms with Crippen molar-refractivity contribution < 1.29 is 4.74 Å². The van der Waals surface area contributed by atoms with Crippen molar-refractivity contribution in [1.82, 2.24) is 8.96 Å². The fourth-order valence-corrected chi connectivity index (χ4v) is 0.900. The van der Waals surface area contributed by atoms with E-state index in [-0.39, 0.29) is 0 Å². The highest BCUT2D eigenvalue weighted by molar-refractivity contribution is 7.79. The fraction of sp³-hybridized carbons (Fsp3) is 0.200. The molecule has 1 aromatic rings. The molecule has 0 saturated heterocycles. The molecule has 60 valence electrons. The number of nitrogen functional groups attached to an aromatic ring is 1. The van der Waals surface area contributed by atoms with Gasteiger partial charge in [0.15, 0.2) is 0 Å². The van der Waals surface area contributed by atoms with Crippen LogP contribution in [-0.2, 0) is 0 Å². The Morgan fingerprint density at radius 3 is 3.00 bits per heavy atom. The first-order chi connectivity index (χ1) is 5.16. The number of hydrogen-bond acceptors (Lipinski definition) is 5. The maximum Gasteiger partial charge on any atom is 0.241 e. The molecule has 1 rings (SSSR count). The number of aromatic nitrogens is 2. The standard InChI is InChI=1S/C5H7N3OS2/c1-9-4-3(6)5(10)8(11)2-7-4/h2,11H,6H2,1H3. The maximum atomic E-state index is 5.53. The van der Waals surface area contributed by atoms with Gasteiger partial charge >= 0.3 is 0 Å². The molecule has 0 aliphatic heterocycles. The van der Waals surface area contributed by atoms with E-state index in [4.69, 9.17) is 22.7 Å². The van der Waals surface area contributed by atoms with E-state index in [0.29, 0.717) is 16.2 Å². The Morgan fingerprint density at radius 2 is 2.45 bits per heavy atom. The second-order valence-electron chi connectivity index (χ2n) is 1.82. The molecule has 1 heterocycles. The van der Waals surface area contributed by atoms with Crippen LogP contribution in [0.15, 0.2) is 6.33 Å². The molecule has 0 atom stereocenters. The van der Waals surface area contributed by atoms with Crippen molar-refractivity contribution in [3.05, 3.63) is 11.0 Å². The number of ether oxygens (including phenoxy) is 1. The van der Waals surface area contributed by atoms with Crippen molar-refractivity contribution in [2.45, 2.75) is 0 Å². The largest absolute Gasteiger partial charge is 0.479 e.